The Bertz CT molecular complexity index is 1270. The van der Waals surface area contributed by atoms with Gasteiger partial charge in [0.1, 0.15) is 41.0 Å². The van der Waals surface area contributed by atoms with Crippen molar-refractivity contribution in [3.05, 3.63) is 99.4 Å². The number of hydrogen-bond donors (Lipinski definition) is 0. The van der Waals surface area contributed by atoms with Crippen LogP contribution in [-0.2, 0) is 0 Å². The molecule has 0 fully saturated rings. The molecule has 0 spiro atoms. The highest BCUT2D eigenvalue weighted by molar-refractivity contribution is 7.12. The first-order chi connectivity index (χ1) is 18.1. The van der Waals surface area contributed by atoms with Crippen LogP contribution in [0.1, 0.15) is 13.3 Å². The van der Waals surface area contributed by atoms with Crippen LogP contribution in [0.4, 0.5) is 65.9 Å². The predicted molar refractivity (Wildman–Crippen MR) is 108 cm³/mol. The van der Waals surface area contributed by atoms with Crippen molar-refractivity contribution in [3.63, 3.8) is 0 Å². The van der Waals surface area contributed by atoms with Crippen molar-refractivity contribution in [2.24, 2.45) is 0 Å². The first-order valence-electron chi connectivity index (χ1n) is 10.5. The van der Waals surface area contributed by atoms with E-state index in [1.165, 1.54) is 6.92 Å². The van der Waals surface area contributed by atoms with Crippen LogP contribution in [-0.4, -0.2) is 6.15 Å². The predicted octanol–water partition coefficient (Wildman–Crippen LogP) is 6.21. The van der Waals surface area contributed by atoms with Gasteiger partial charge in [0.25, 0.3) is 0 Å². The van der Waals surface area contributed by atoms with Gasteiger partial charge in [-0.25, -0.2) is 65.9 Å². The first-order valence-corrected chi connectivity index (χ1v) is 10.5. The Balaban J connectivity index is 2.88. The smallest absolute Gasteiger partial charge is 0.200 e. The molecule has 0 saturated carbocycles. The minimum absolute atomic E-state index is 0.128. The minimum Gasteiger partial charge on any atom is -0.207 e. The van der Waals surface area contributed by atoms with Crippen LogP contribution < -0.4 is 16.4 Å². The Kier molecular flexibility index (Phi) is 8.09. The summed E-state index contributed by atoms with van der Waals surface area (Å²) in [6, 6.07) is 0. The van der Waals surface area contributed by atoms with E-state index in [0.29, 0.717) is 6.08 Å². The van der Waals surface area contributed by atoms with E-state index >= 15 is 26.3 Å². The van der Waals surface area contributed by atoms with Gasteiger partial charge in [-0.3, -0.25) is 0 Å². The van der Waals surface area contributed by atoms with Gasteiger partial charge < -0.3 is 0 Å². The maximum Gasteiger partial charge on any atom is 0.200 e. The van der Waals surface area contributed by atoms with Gasteiger partial charge in [-0.15, -0.1) is 28.8 Å². The third-order valence-corrected chi connectivity index (χ3v) is 6.10. The molecule has 0 aliphatic rings. The molecule has 210 valence electrons. The molecule has 0 unspecified atom stereocenters. The third kappa shape index (κ3) is 4.23. The van der Waals surface area contributed by atoms with Gasteiger partial charge in [-0.05, 0) is 6.42 Å². The molecule has 3 aromatic rings. The van der Waals surface area contributed by atoms with E-state index in [-0.39, 0.29) is 6.42 Å². The maximum atomic E-state index is 15.1. The fourth-order valence-corrected chi connectivity index (χ4v) is 4.42. The Labute approximate surface area is 208 Å². The van der Waals surface area contributed by atoms with Crippen LogP contribution in [0.2, 0.25) is 6.32 Å². The molecule has 0 saturated heterocycles. The summed E-state index contributed by atoms with van der Waals surface area (Å²) in [7, 11) is 0. The fraction of sp³-hybridized carbons (Fsp3) is 0.130. The molecule has 0 aliphatic carbocycles. The van der Waals surface area contributed by atoms with E-state index in [9.17, 15) is 39.5 Å². The summed E-state index contributed by atoms with van der Waals surface area (Å²) in [5.74, 6) is -45.0. The quantitative estimate of drug-likeness (QED) is 0.107. The Morgan fingerprint density at radius 2 is 0.564 bits per heavy atom. The fourth-order valence-electron chi connectivity index (χ4n) is 4.42. The molecular weight excluding hydrogens is 572 g/mol. The Hall–Kier alpha value is -3.59. The highest BCUT2D eigenvalue weighted by atomic mass is 19.2. The molecule has 0 atom stereocenters. The molecule has 0 aliphatic heterocycles. The molecule has 0 N–H and O–H groups in total. The summed E-state index contributed by atoms with van der Waals surface area (Å²) in [4.78, 5) is 0. The molecule has 39 heavy (non-hydrogen) atoms. The second-order valence-corrected chi connectivity index (χ2v) is 8.11. The molecule has 0 heterocycles. The van der Waals surface area contributed by atoms with Gasteiger partial charge >= 0.3 is 0 Å². The average Bonchev–Trinajstić information content (AvgIpc) is 2.90. The van der Waals surface area contributed by atoms with Gasteiger partial charge in [0, 0.05) is 0 Å². The van der Waals surface area contributed by atoms with Gasteiger partial charge in [-0.1, -0.05) is 13.0 Å². The summed E-state index contributed by atoms with van der Waals surface area (Å²) in [6.45, 7) is 1.31. The molecule has 0 bridgehead atoms. The van der Waals surface area contributed by atoms with E-state index in [1.807, 2.05) is 0 Å². The molecule has 0 radical (unpaired) electrons. The average molecular weight is 581 g/mol. The van der Waals surface area contributed by atoms with Crippen LogP contribution >= 0.6 is 0 Å². The zero-order valence-electron chi connectivity index (χ0n) is 18.8. The van der Waals surface area contributed by atoms with Gasteiger partial charge in [0.05, 0.1) is 0 Å². The van der Waals surface area contributed by atoms with Crippen LogP contribution in [0.3, 0.4) is 0 Å². The van der Waals surface area contributed by atoms with E-state index in [0.717, 1.165) is 6.08 Å². The summed E-state index contributed by atoms with van der Waals surface area (Å²) < 4.78 is 218. The Morgan fingerprint density at radius 3 is 0.769 bits per heavy atom. The highest BCUT2D eigenvalue weighted by Crippen LogP contribution is 2.30. The SMILES string of the molecule is CC/C=C\C[B-](c1c(F)c(F)c(F)c(F)c1F)(c1c(F)c(F)c(F)c(F)c1F)c1c(F)c(F)c(F)c(F)c1F. The molecule has 16 heteroatoms. The lowest BCUT2D eigenvalue weighted by Gasteiger charge is -2.43. The number of hydrogen-bond acceptors (Lipinski definition) is 0. The monoisotopic (exact) mass is 581 g/mol. The second kappa shape index (κ2) is 10.5. The summed E-state index contributed by atoms with van der Waals surface area (Å²) in [6.07, 6.45) is -6.06. The van der Waals surface area contributed by atoms with Crippen LogP contribution in [0.15, 0.2) is 12.2 Å². The van der Waals surface area contributed by atoms with Crippen molar-refractivity contribution in [1.29, 1.82) is 0 Å². The van der Waals surface area contributed by atoms with Gasteiger partial charge in [0.2, 0.25) is 0 Å². The lowest BCUT2D eigenvalue weighted by atomic mass is 9.13. The van der Waals surface area contributed by atoms with Crippen molar-refractivity contribution in [2.45, 2.75) is 19.7 Å². The van der Waals surface area contributed by atoms with E-state index in [1.54, 1.807) is 0 Å². The first kappa shape index (κ1) is 30.0. The van der Waals surface area contributed by atoms with Crippen molar-refractivity contribution >= 4 is 22.5 Å². The van der Waals surface area contributed by atoms with E-state index in [4.69, 9.17) is 0 Å². The third-order valence-electron chi connectivity index (χ3n) is 6.10. The zero-order valence-corrected chi connectivity index (χ0v) is 18.8. The standard InChI is InChI=1S/C23H9BF15/c1-2-3-4-5-24(6-9(25)15(31)21(37)16(32)10(6)26,7-11(27)17(33)22(38)18(34)12(7)28)8-13(29)19(35)23(39)20(36)14(8)30/h3-4H,2,5H2,1H3/q-1/b4-3-. The Morgan fingerprint density at radius 1 is 0.359 bits per heavy atom. The number of rotatable bonds is 6. The van der Waals surface area contributed by atoms with Crippen molar-refractivity contribution in [1.82, 2.24) is 0 Å². The normalized spacial score (nSPS) is 12.2. The van der Waals surface area contributed by atoms with E-state index in [2.05, 4.69) is 0 Å². The number of allylic oxidation sites excluding steroid dienone is 2. The van der Waals surface area contributed by atoms with Gasteiger partial charge in [0.15, 0.2) is 52.4 Å². The molecule has 3 rings (SSSR count). The van der Waals surface area contributed by atoms with Crippen molar-refractivity contribution < 1.29 is 65.9 Å². The molecule has 0 nitrogen and oxygen atoms in total. The topological polar surface area (TPSA) is 0 Å². The summed E-state index contributed by atoms with van der Waals surface area (Å²) in [5, 5.41) is 0. The lowest BCUT2D eigenvalue weighted by molar-refractivity contribution is 0.379. The summed E-state index contributed by atoms with van der Waals surface area (Å²) in [5.41, 5.74) is -7.84. The summed E-state index contributed by atoms with van der Waals surface area (Å²) >= 11 is 0. The van der Waals surface area contributed by atoms with Crippen LogP contribution in [0, 0.1) is 87.3 Å². The van der Waals surface area contributed by atoms with Crippen molar-refractivity contribution in [2.75, 3.05) is 0 Å². The molecule has 0 aromatic heterocycles. The van der Waals surface area contributed by atoms with E-state index < -0.39 is 116 Å². The lowest BCUT2D eigenvalue weighted by Crippen LogP contribution is -2.73. The van der Waals surface area contributed by atoms with Crippen LogP contribution in [0.25, 0.3) is 0 Å². The molecule has 3 aromatic carbocycles. The number of halogens is 15. The largest absolute Gasteiger partial charge is 0.207 e. The zero-order chi connectivity index (χ0) is 29.7. The highest BCUT2D eigenvalue weighted by Gasteiger charge is 2.47. The van der Waals surface area contributed by atoms with Crippen LogP contribution in [0.5, 0.6) is 0 Å². The number of benzene rings is 3. The van der Waals surface area contributed by atoms with Crippen molar-refractivity contribution in [3.8, 4) is 0 Å². The maximum absolute atomic E-state index is 15.1. The second-order valence-electron chi connectivity index (χ2n) is 8.11. The molecular formula is C23H9BF15-. The van der Waals surface area contributed by atoms with Gasteiger partial charge in [-0.2, -0.15) is 0 Å². The minimum atomic E-state index is -5.51. The molecule has 0 amide bonds.